The molecule has 0 spiro atoms. The molecule has 59 valence electrons. The summed E-state index contributed by atoms with van der Waals surface area (Å²) in [5, 5.41) is 0. The number of rotatable bonds is 2. The van der Waals surface area contributed by atoms with E-state index in [9.17, 15) is 0 Å². The molecule has 11 heavy (non-hydrogen) atoms. The summed E-state index contributed by atoms with van der Waals surface area (Å²) in [6.45, 7) is 0. The van der Waals surface area contributed by atoms with E-state index in [2.05, 4.69) is 16.2 Å². The van der Waals surface area contributed by atoms with Crippen molar-refractivity contribution in [1.29, 1.82) is 0 Å². The molecule has 1 radical (unpaired) electrons. The Morgan fingerprint density at radius 1 is 1.55 bits per heavy atom. The average Bonchev–Trinajstić information content (AvgIpc) is 2.04. The zero-order valence-electron chi connectivity index (χ0n) is 6.83. The van der Waals surface area contributed by atoms with Gasteiger partial charge >= 0.3 is 0 Å². The fourth-order valence-electron chi connectivity index (χ4n) is 0.726. The molecule has 0 atom stereocenters. The van der Waals surface area contributed by atoms with E-state index >= 15 is 0 Å². The molecule has 0 saturated carbocycles. The lowest BCUT2D eigenvalue weighted by atomic mass is 10.6. The highest BCUT2D eigenvalue weighted by atomic mass is 16.5. The average molecular weight is 152 g/mol. The van der Waals surface area contributed by atoms with Crippen molar-refractivity contribution < 1.29 is 4.74 Å². The predicted molar refractivity (Wildman–Crippen MR) is 41.7 cm³/mol. The van der Waals surface area contributed by atoms with Crippen molar-refractivity contribution in [3.05, 3.63) is 12.4 Å². The van der Waals surface area contributed by atoms with E-state index in [0.29, 0.717) is 11.7 Å². The zero-order valence-corrected chi connectivity index (χ0v) is 6.83. The second-order valence-electron chi connectivity index (χ2n) is 2.23. The maximum absolute atomic E-state index is 4.96. The van der Waals surface area contributed by atoms with Gasteiger partial charge in [0.1, 0.15) is 6.20 Å². The third kappa shape index (κ3) is 1.58. The Morgan fingerprint density at radius 2 is 2.27 bits per heavy atom. The lowest BCUT2D eigenvalue weighted by molar-refractivity contribution is 0.396. The first kappa shape index (κ1) is 7.78. The van der Waals surface area contributed by atoms with Crippen molar-refractivity contribution in [2.24, 2.45) is 0 Å². The quantitative estimate of drug-likeness (QED) is 0.613. The van der Waals surface area contributed by atoms with Crippen LogP contribution in [0.3, 0.4) is 0 Å². The summed E-state index contributed by atoms with van der Waals surface area (Å²) in [6, 6.07) is 0. The van der Waals surface area contributed by atoms with Gasteiger partial charge < -0.3 is 9.64 Å². The van der Waals surface area contributed by atoms with E-state index in [0.717, 1.165) is 0 Å². The largest absolute Gasteiger partial charge is 0.478 e. The van der Waals surface area contributed by atoms with Gasteiger partial charge in [-0.15, -0.1) is 0 Å². The molecule has 0 N–H and O–H groups in total. The molecule has 0 saturated heterocycles. The Morgan fingerprint density at radius 3 is 2.73 bits per heavy atom. The van der Waals surface area contributed by atoms with Crippen molar-refractivity contribution in [2.75, 3.05) is 26.1 Å². The van der Waals surface area contributed by atoms with Crippen LogP contribution in [0.5, 0.6) is 5.88 Å². The maximum atomic E-state index is 4.96. The highest BCUT2D eigenvalue weighted by Gasteiger charge is 2.05. The van der Waals surface area contributed by atoms with Crippen LogP contribution >= 0.6 is 0 Å². The molecule has 0 unspecified atom stereocenters. The van der Waals surface area contributed by atoms with Gasteiger partial charge in [-0.1, -0.05) is 0 Å². The molecule has 0 fully saturated rings. The second kappa shape index (κ2) is 3.18. The fourth-order valence-corrected chi connectivity index (χ4v) is 0.726. The minimum absolute atomic E-state index is 0.498. The molecular weight excluding hydrogens is 142 g/mol. The van der Waals surface area contributed by atoms with Gasteiger partial charge in [0.2, 0.25) is 0 Å². The molecule has 0 aliphatic rings. The summed E-state index contributed by atoms with van der Waals surface area (Å²) in [4.78, 5) is 9.73. The van der Waals surface area contributed by atoms with E-state index in [1.165, 1.54) is 6.20 Å². The fraction of sp³-hybridized carbons (Fsp3) is 0.429. The van der Waals surface area contributed by atoms with Crippen LogP contribution in [0.25, 0.3) is 0 Å². The van der Waals surface area contributed by atoms with Crippen molar-refractivity contribution in [3.8, 4) is 5.88 Å². The highest BCUT2D eigenvalue weighted by molar-refractivity contribution is 5.45. The van der Waals surface area contributed by atoms with Crippen LogP contribution in [0.2, 0.25) is 0 Å². The minimum atomic E-state index is 0.498. The Hall–Kier alpha value is -1.32. The third-order valence-electron chi connectivity index (χ3n) is 1.22. The summed E-state index contributed by atoms with van der Waals surface area (Å²) in [6.07, 6.45) is 4.11. The number of anilines is 1. The number of methoxy groups -OCH3 is 1. The number of ether oxygens (including phenoxy) is 1. The molecule has 1 rings (SSSR count). The van der Waals surface area contributed by atoms with Crippen LogP contribution in [-0.4, -0.2) is 31.2 Å². The molecule has 4 heteroatoms. The Bertz CT molecular complexity index is 237. The smallest absolute Gasteiger partial charge is 0.257 e. The molecule has 0 bridgehead atoms. The molecule has 4 nitrogen and oxygen atoms in total. The summed E-state index contributed by atoms with van der Waals surface area (Å²) in [5.74, 6) is 1.21. The number of nitrogens with zero attached hydrogens (tertiary/aromatic N) is 3. The maximum Gasteiger partial charge on any atom is 0.257 e. The van der Waals surface area contributed by atoms with E-state index < -0.39 is 0 Å². The first-order valence-electron chi connectivity index (χ1n) is 3.20. The van der Waals surface area contributed by atoms with Crippen LogP contribution < -0.4 is 9.64 Å². The molecule has 0 aliphatic heterocycles. The topological polar surface area (TPSA) is 38.3 Å². The van der Waals surface area contributed by atoms with Crippen LogP contribution in [-0.2, 0) is 0 Å². The lowest BCUT2D eigenvalue weighted by Gasteiger charge is -2.12. The van der Waals surface area contributed by atoms with Crippen LogP contribution in [0.4, 0.5) is 5.82 Å². The molecule has 0 aliphatic carbocycles. The van der Waals surface area contributed by atoms with Gasteiger partial charge in [-0.05, 0) is 0 Å². The number of hydrogen-bond acceptors (Lipinski definition) is 4. The Balaban J connectivity index is 3.02. The van der Waals surface area contributed by atoms with Gasteiger partial charge in [-0.3, -0.25) is 0 Å². The Kier molecular flexibility index (Phi) is 2.25. The molecular formula is C7H10N3O. The zero-order chi connectivity index (χ0) is 8.27. The minimum Gasteiger partial charge on any atom is -0.478 e. The van der Waals surface area contributed by atoms with Gasteiger partial charge in [0.25, 0.3) is 5.88 Å². The molecule has 1 aromatic rings. The van der Waals surface area contributed by atoms with E-state index in [1.54, 1.807) is 7.11 Å². The second-order valence-corrected chi connectivity index (χ2v) is 2.23. The third-order valence-corrected chi connectivity index (χ3v) is 1.22. The van der Waals surface area contributed by atoms with Gasteiger partial charge in [0.05, 0.1) is 13.3 Å². The van der Waals surface area contributed by atoms with Gasteiger partial charge in [-0.2, -0.15) is 0 Å². The SMILES string of the molecule is COc1n[c]cnc1N(C)C. The summed E-state index contributed by atoms with van der Waals surface area (Å²) in [5.41, 5.74) is 0. The summed E-state index contributed by atoms with van der Waals surface area (Å²) >= 11 is 0. The van der Waals surface area contributed by atoms with Gasteiger partial charge in [0, 0.05) is 14.1 Å². The normalized spacial score (nSPS) is 9.36. The summed E-state index contributed by atoms with van der Waals surface area (Å²) < 4.78 is 4.96. The Labute approximate surface area is 65.8 Å². The predicted octanol–water partition coefficient (Wildman–Crippen LogP) is 0.351. The number of hydrogen-bond donors (Lipinski definition) is 0. The van der Waals surface area contributed by atoms with Crippen molar-refractivity contribution >= 4 is 5.82 Å². The molecule has 0 aromatic carbocycles. The molecule has 0 amide bonds. The summed E-state index contributed by atoms with van der Waals surface area (Å²) in [7, 11) is 5.32. The van der Waals surface area contributed by atoms with E-state index in [4.69, 9.17) is 4.74 Å². The van der Waals surface area contributed by atoms with Crippen LogP contribution in [0.15, 0.2) is 6.20 Å². The number of aromatic nitrogens is 2. The first-order chi connectivity index (χ1) is 5.25. The van der Waals surface area contributed by atoms with Crippen molar-refractivity contribution in [2.45, 2.75) is 0 Å². The van der Waals surface area contributed by atoms with Crippen LogP contribution in [0.1, 0.15) is 0 Å². The van der Waals surface area contributed by atoms with E-state index in [-0.39, 0.29) is 0 Å². The lowest BCUT2D eigenvalue weighted by Crippen LogP contribution is -2.12. The van der Waals surface area contributed by atoms with Gasteiger partial charge in [-0.25, -0.2) is 9.97 Å². The van der Waals surface area contributed by atoms with Crippen molar-refractivity contribution in [3.63, 3.8) is 0 Å². The monoisotopic (exact) mass is 152 g/mol. The van der Waals surface area contributed by atoms with Gasteiger partial charge in [0.15, 0.2) is 5.82 Å². The molecule has 1 aromatic heterocycles. The van der Waals surface area contributed by atoms with Crippen molar-refractivity contribution in [1.82, 2.24) is 9.97 Å². The van der Waals surface area contributed by atoms with E-state index in [1.807, 2.05) is 19.0 Å². The van der Waals surface area contributed by atoms with Crippen LogP contribution in [0, 0.1) is 6.20 Å². The first-order valence-corrected chi connectivity index (χ1v) is 3.20. The highest BCUT2D eigenvalue weighted by Crippen LogP contribution is 2.18. The standard InChI is InChI=1S/C7H10N3O/c1-10(2)6-7(11-3)9-5-4-8-6/h4H,1-3H3. The molecule has 1 heterocycles.